The SMILES string of the molecule is Cc1cc(N(C)C)ccc1NC(=O)CCc1nc2ccccc2c(=O)[nH]1. The standard InChI is InChI=1S/C20H22N4O2/c1-13-12-14(24(2)3)8-9-16(13)22-19(25)11-10-18-21-17-7-5-4-6-15(17)20(26)23-18/h4-9,12H,10-11H2,1-3H3,(H,22,25)(H,21,23,26). The molecule has 0 saturated heterocycles. The molecule has 0 radical (unpaired) electrons. The Morgan fingerprint density at radius 2 is 1.96 bits per heavy atom. The summed E-state index contributed by atoms with van der Waals surface area (Å²) in [5.41, 5.74) is 3.34. The van der Waals surface area contributed by atoms with Crippen molar-refractivity contribution < 1.29 is 4.79 Å². The second-order valence-corrected chi connectivity index (χ2v) is 6.47. The lowest BCUT2D eigenvalue weighted by atomic mass is 10.1. The van der Waals surface area contributed by atoms with Crippen LogP contribution in [0, 0.1) is 6.92 Å². The molecular weight excluding hydrogens is 328 g/mol. The van der Waals surface area contributed by atoms with Crippen molar-refractivity contribution in [3.05, 3.63) is 64.2 Å². The molecule has 1 heterocycles. The number of carbonyl (C=O) groups is 1. The van der Waals surface area contributed by atoms with Gasteiger partial charge in [-0.15, -0.1) is 0 Å². The van der Waals surface area contributed by atoms with Crippen molar-refractivity contribution in [2.24, 2.45) is 0 Å². The lowest BCUT2D eigenvalue weighted by Crippen LogP contribution is -2.17. The Morgan fingerprint density at radius 1 is 1.19 bits per heavy atom. The predicted octanol–water partition coefficient (Wildman–Crippen LogP) is 2.87. The molecule has 134 valence electrons. The molecule has 0 spiro atoms. The quantitative estimate of drug-likeness (QED) is 0.742. The number of hydrogen-bond donors (Lipinski definition) is 2. The monoisotopic (exact) mass is 350 g/mol. The third-order valence-corrected chi connectivity index (χ3v) is 4.25. The van der Waals surface area contributed by atoms with Crippen LogP contribution in [0.2, 0.25) is 0 Å². The van der Waals surface area contributed by atoms with E-state index in [1.807, 2.05) is 50.2 Å². The average molecular weight is 350 g/mol. The first-order valence-corrected chi connectivity index (χ1v) is 8.50. The molecule has 3 rings (SSSR count). The number of hydrogen-bond acceptors (Lipinski definition) is 4. The van der Waals surface area contributed by atoms with Gasteiger partial charge in [0, 0.05) is 38.3 Å². The van der Waals surface area contributed by atoms with Crippen molar-refractivity contribution in [1.29, 1.82) is 0 Å². The molecule has 0 aliphatic heterocycles. The van der Waals surface area contributed by atoms with E-state index in [2.05, 4.69) is 15.3 Å². The van der Waals surface area contributed by atoms with Crippen LogP contribution >= 0.6 is 0 Å². The molecule has 0 aliphatic carbocycles. The van der Waals surface area contributed by atoms with E-state index in [1.54, 1.807) is 18.2 Å². The van der Waals surface area contributed by atoms with Gasteiger partial charge in [-0.05, 0) is 42.8 Å². The molecule has 0 bridgehead atoms. The van der Waals surface area contributed by atoms with Crippen molar-refractivity contribution in [3.63, 3.8) is 0 Å². The van der Waals surface area contributed by atoms with Crippen LogP contribution in [0.5, 0.6) is 0 Å². The molecule has 2 N–H and O–H groups in total. The van der Waals surface area contributed by atoms with Gasteiger partial charge in [-0.25, -0.2) is 4.98 Å². The lowest BCUT2D eigenvalue weighted by Gasteiger charge is -2.15. The molecule has 1 aromatic heterocycles. The molecule has 2 aromatic carbocycles. The smallest absolute Gasteiger partial charge is 0.258 e. The number of anilines is 2. The number of H-pyrrole nitrogens is 1. The zero-order valence-corrected chi connectivity index (χ0v) is 15.2. The van der Waals surface area contributed by atoms with E-state index >= 15 is 0 Å². The predicted molar refractivity (Wildman–Crippen MR) is 105 cm³/mol. The molecule has 0 atom stereocenters. The van der Waals surface area contributed by atoms with Gasteiger partial charge in [-0.3, -0.25) is 9.59 Å². The van der Waals surface area contributed by atoms with E-state index in [1.165, 1.54) is 0 Å². The van der Waals surface area contributed by atoms with Crippen LogP contribution in [-0.2, 0) is 11.2 Å². The highest BCUT2D eigenvalue weighted by Gasteiger charge is 2.09. The number of amides is 1. The molecule has 0 aliphatic rings. The van der Waals surface area contributed by atoms with Crippen LogP contribution in [0.15, 0.2) is 47.3 Å². The Hall–Kier alpha value is -3.15. The number of fused-ring (bicyclic) bond motifs is 1. The Balaban J connectivity index is 1.67. The Morgan fingerprint density at radius 3 is 2.69 bits per heavy atom. The number of aromatic amines is 1. The zero-order chi connectivity index (χ0) is 18.7. The van der Waals surface area contributed by atoms with Crippen molar-refractivity contribution in [3.8, 4) is 0 Å². The minimum Gasteiger partial charge on any atom is -0.378 e. The van der Waals surface area contributed by atoms with Gasteiger partial charge in [-0.1, -0.05) is 12.1 Å². The van der Waals surface area contributed by atoms with Crippen LogP contribution in [0.25, 0.3) is 10.9 Å². The van der Waals surface area contributed by atoms with Gasteiger partial charge in [0.15, 0.2) is 0 Å². The number of nitrogens with zero attached hydrogens (tertiary/aromatic N) is 2. The van der Waals surface area contributed by atoms with E-state index in [0.29, 0.717) is 23.1 Å². The maximum Gasteiger partial charge on any atom is 0.258 e. The van der Waals surface area contributed by atoms with Gasteiger partial charge in [-0.2, -0.15) is 0 Å². The Bertz CT molecular complexity index is 1010. The molecular formula is C20H22N4O2. The summed E-state index contributed by atoms with van der Waals surface area (Å²) in [4.78, 5) is 33.5. The summed E-state index contributed by atoms with van der Waals surface area (Å²) in [6, 6.07) is 13.1. The number of aromatic nitrogens is 2. The third kappa shape index (κ3) is 3.91. The number of aryl methyl sites for hydroxylation is 2. The Labute approximate surface area is 151 Å². The second-order valence-electron chi connectivity index (χ2n) is 6.47. The van der Waals surface area contributed by atoms with E-state index < -0.39 is 0 Å². The van der Waals surface area contributed by atoms with E-state index in [0.717, 1.165) is 16.9 Å². The Kier molecular flexibility index (Phi) is 5.02. The van der Waals surface area contributed by atoms with Crippen LogP contribution in [-0.4, -0.2) is 30.0 Å². The van der Waals surface area contributed by atoms with Crippen LogP contribution in [0.3, 0.4) is 0 Å². The van der Waals surface area contributed by atoms with Gasteiger partial charge in [0.25, 0.3) is 5.56 Å². The van der Waals surface area contributed by atoms with Crippen LogP contribution in [0.4, 0.5) is 11.4 Å². The topological polar surface area (TPSA) is 78.1 Å². The van der Waals surface area contributed by atoms with Crippen molar-refractivity contribution in [2.75, 3.05) is 24.3 Å². The van der Waals surface area contributed by atoms with Gasteiger partial charge >= 0.3 is 0 Å². The van der Waals surface area contributed by atoms with E-state index in [-0.39, 0.29) is 17.9 Å². The minimum absolute atomic E-state index is 0.110. The second kappa shape index (κ2) is 7.39. The van der Waals surface area contributed by atoms with Gasteiger partial charge in [0.05, 0.1) is 10.9 Å². The number of para-hydroxylation sites is 1. The van der Waals surface area contributed by atoms with Crippen LogP contribution < -0.4 is 15.8 Å². The number of rotatable bonds is 5. The van der Waals surface area contributed by atoms with Crippen molar-refractivity contribution in [1.82, 2.24) is 9.97 Å². The first kappa shape index (κ1) is 17.7. The minimum atomic E-state index is -0.180. The van der Waals surface area contributed by atoms with Gasteiger partial charge in [0.2, 0.25) is 5.91 Å². The molecule has 3 aromatic rings. The number of benzene rings is 2. The summed E-state index contributed by atoms with van der Waals surface area (Å²) in [5, 5.41) is 3.47. The highest BCUT2D eigenvalue weighted by atomic mass is 16.1. The highest BCUT2D eigenvalue weighted by molar-refractivity contribution is 5.91. The maximum absolute atomic E-state index is 12.3. The summed E-state index contributed by atoms with van der Waals surface area (Å²) in [5.74, 6) is 0.407. The molecule has 0 saturated carbocycles. The molecule has 0 unspecified atom stereocenters. The maximum atomic E-state index is 12.3. The third-order valence-electron chi connectivity index (χ3n) is 4.25. The average Bonchev–Trinajstić information content (AvgIpc) is 2.61. The van der Waals surface area contributed by atoms with E-state index in [4.69, 9.17) is 0 Å². The fourth-order valence-electron chi connectivity index (χ4n) is 2.76. The largest absolute Gasteiger partial charge is 0.378 e. The molecule has 6 heteroatoms. The van der Waals surface area contributed by atoms with Gasteiger partial charge < -0.3 is 15.2 Å². The molecule has 0 fully saturated rings. The first-order chi connectivity index (χ1) is 12.4. The fraction of sp³-hybridized carbons (Fsp3) is 0.250. The lowest BCUT2D eigenvalue weighted by molar-refractivity contribution is -0.116. The van der Waals surface area contributed by atoms with E-state index in [9.17, 15) is 9.59 Å². The number of nitrogens with one attached hydrogen (secondary N) is 2. The van der Waals surface area contributed by atoms with Crippen molar-refractivity contribution >= 4 is 28.2 Å². The summed E-state index contributed by atoms with van der Waals surface area (Å²) in [6.07, 6.45) is 0.622. The van der Waals surface area contributed by atoms with Crippen LogP contribution in [0.1, 0.15) is 17.8 Å². The fourth-order valence-corrected chi connectivity index (χ4v) is 2.76. The summed E-state index contributed by atoms with van der Waals surface area (Å²) in [7, 11) is 3.95. The molecule has 1 amide bonds. The van der Waals surface area contributed by atoms with Crippen molar-refractivity contribution in [2.45, 2.75) is 19.8 Å². The molecule has 6 nitrogen and oxygen atoms in total. The summed E-state index contributed by atoms with van der Waals surface area (Å²) in [6.45, 7) is 1.96. The molecule has 26 heavy (non-hydrogen) atoms. The number of carbonyl (C=O) groups excluding carboxylic acids is 1. The summed E-state index contributed by atoms with van der Waals surface area (Å²) < 4.78 is 0. The zero-order valence-electron chi connectivity index (χ0n) is 15.2. The normalized spacial score (nSPS) is 10.7. The first-order valence-electron chi connectivity index (χ1n) is 8.50. The van der Waals surface area contributed by atoms with Gasteiger partial charge in [0.1, 0.15) is 5.82 Å². The highest BCUT2D eigenvalue weighted by Crippen LogP contribution is 2.21. The summed E-state index contributed by atoms with van der Waals surface area (Å²) >= 11 is 0.